The molecule has 0 atom stereocenters. The molecule has 2 rings (SSSR count). The van der Waals surface area contributed by atoms with Gasteiger partial charge < -0.3 is 10.2 Å². The summed E-state index contributed by atoms with van der Waals surface area (Å²) >= 11 is 0. The summed E-state index contributed by atoms with van der Waals surface area (Å²) in [7, 11) is 5.52. The molecule has 2 aromatic heterocycles. The zero-order valence-electron chi connectivity index (χ0n) is 12.0. The van der Waals surface area contributed by atoms with Gasteiger partial charge in [0.05, 0.1) is 12.7 Å². The van der Waals surface area contributed by atoms with Crippen LogP contribution in [-0.4, -0.2) is 45.0 Å². The Bertz CT molecular complexity index is 620. The van der Waals surface area contributed by atoms with Gasteiger partial charge in [-0.25, -0.2) is 9.97 Å². The zero-order valence-corrected chi connectivity index (χ0v) is 12.0. The molecule has 20 heavy (non-hydrogen) atoms. The maximum absolute atomic E-state index is 11.8. The van der Waals surface area contributed by atoms with Gasteiger partial charge in [-0.15, -0.1) is 5.10 Å². The van der Waals surface area contributed by atoms with Crippen molar-refractivity contribution >= 4 is 11.7 Å². The number of nitrogens with one attached hydrogen (secondary N) is 1. The van der Waals surface area contributed by atoms with Crippen LogP contribution in [0.4, 0.5) is 5.82 Å². The molecule has 2 aromatic rings. The van der Waals surface area contributed by atoms with E-state index in [0.717, 1.165) is 11.5 Å². The van der Waals surface area contributed by atoms with E-state index in [1.54, 1.807) is 13.2 Å². The van der Waals surface area contributed by atoms with Crippen LogP contribution in [0.1, 0.15) is 22.0 Å². The maximum Gasteiger partial charge on any atom is 0.273 e. The fourth-order valence-electron chi connectivity index (χ4n) is 1.62. The number of anilines is 1. The third-order valence-electron chi connectivity index (χ3n) is 2.59. The van der Waals surface area contributed by atoms with Crippen molar-refractivity contribution in [3.05, 3.63) is 29.5 Å². The number of nitrogens with zero attached hydrogens (tertiary/aromatic N) is 6. The lowest BCUT2D eigenvalue weighted by molar-refractivity contribution is 0.0944. The number of aromatic nitrogens is 5. The lowest BCUT2D eigenvalue weighted by Crippen LogP contribution is -2.25. The molecule has 0 aliphatic rings. The van der Waals surface area contributed by atoms with Crippen LogP contribution in [0.2, 0.25) is 0 Å². The van der Waals surface area contributed by atoms with E-state index in [4.69, 9.17) is 0 Å². The number of aryl methyl sites for hydroxylation is 2. The predicted octanol–water partition coefficient (Wildman–Crippen LogP) is -0.0905. The fraction of sp³-hybridized carbons (Fsp3) is 0.417. The Morgan fingerprint density at radius 2 is 2.15 bits per heavy atom. The molecule has 0 saturated carbocycles. The van der Waals surface area contributed by atoms with Crippen molar-refractivity contribution in [1.82, 2.24) is 30.3 Å². The van der Waals surface area contributed by atoms with Crippen LogP contribution in [0.15, 0.2) is 12.3 Å². The summed E-state index contributed by atoms with van der Waals surface area (Å²) in [6.07, 6.45) is 1.55. The molecule has 1 amide bonds. The van der Waals surface area contributed by atoms with Crippen LogP contribution in [0, 0.1) is 6.92 Å². The second kappa shape index (κ2) is 5.64. The summed E-state index contributed by atoms with van der Waals surface area (Å²) in [5, 5.41) is 10.2. The topological polar surface area (TPSA) is 88.8 Å². The molecule has 8 heteroatoms. The Hall–Kier alpha value is -2.51. The second-order valence-electron chi connectivity index (χ2n) is 4.64. The van der Waals surface area contributed by atoms with Crippen molar-refractivity contribution in [1.29, 1.82) is 0 Å². The van der Waals surface area contributed by atoms with Gasteiger partial charge >= 0.3 is 0 Å². The molecule has 1 N–H and O–H groups in total. The van der Waals surface area contributed by atoms with E-state index in [1.807, 2.05) is 32.0 Å². The van der Waals surface area contributed by atoms with Crippen LogP contribution < -0.4 is 10.2 Å². The van der Waals surface area contributed by atoms with E-state index in [2.05, 4.69) is 25.6 Å². The van der Waals surface area contributed by atoms with Gasteiger partial charge in [-0.3, -0.25) is 9.48 Å². The average molecular weight is 275 g/mol. The minimum absolute atomic E-state index is 0.248. The number of carbonyl (C=O) groups is 1. The van der Waals surface area contributed by atoms with Crippen LogP contribution in [-0.2, 0) is 13.6 Å². The Morgan fingerprint density at radius 3 is 2.75 bits per heavy atom. The Morgan fingerprint density at radius 1 is 1.40 bits per heavy atom. The summed E-state index contributed by atoms with van der Waals surface area (Å²) < 4.78 is 1.47. The minimum atomic E-state index is -0.297. The van der Waals surface area contributed by atoms with Crippen LogP contribution in [0.5, 0.6) is 0 Å². The highest BCUT2D eigenvalue weighted by Crippen LogP contribution is 2.09. The molecule has 0 aromatic carbocycles. The number of hydrogen-bond donors (Lipinski definition) is 1. The summed E-state index contributed by atoms with van der Waals surface area (Å²) in [5.41, 5.74) is 1.13. The van der Waals surface area contributed by atoms with E-state index in [-0.39, 0.29) is 18.1 Å². The van der Waals surface area contributed by atoms with Gasteiger partial charge in [-0.05, 0) is 6.92 Å². The molecule has 0 aliphatic heterocycles. The summed E-state index contributed by atoms with van der Waals surface area (Å²) in [6.45, 7) is 2.14. The van der Waals surface area contributed by atoms with Crippen molar-refractivity contribution in [2.75, 3.05) is 19.0 Å². The standard InChI is InChI=1S/C12H17N7O/c1-8-5-11(18(2)3)15-10(14-8)6-13-12(20)9-7-19(4)17-16-9/h5,7H,6H2,1-4H3,(H,13,20). The van der Waals surface area contributed by atoms with Gasteiger partial charge in [-0.2, -0.15) is 0 Å². The van der Waals surface area contributed by atoms with Gasteiger partial charge in [-0.1, -0.05) is 5.21 Å². The highest BCUT2D eigenvalue weighted by Gasteiger charge is 2.11. The third kappa shape index (κ3) is 3.28. The first kappa shape index (κ1) is 13.9. The normalized spacial score (nSPS) is 10.4. The number of amides is 1. The SMILES string of the molecule is Cc1cc(N(C)C)nc(CNC(=O)c2cn(C)nn2)n1. The number of carbonyl (C=O) groups excluding carboxylic acids is 1. The van der Waals surface area contributed by atoms with Crippen molar-refractivity contribution in [3.63, 3.8) is 0 Å². The predicted molar refractivity (Wildman–Crippen MR) is 73.3 cm³/mol. The van der Waals surface area contributed by atoms with Crippen molar-refractivity contribution in [2.24, 2.45) is 7.05 Å². The molecule has 0 unspecified atom stereocenters. The molecule has 0 saturated heterocycles. The highest BCUT2D eigenvalue weighted by atomic mass is 16.2. The fourth-order valence-corrected chi connectivity index (χ4v) is 1.62. The number of hydrogen-bond acceptors (Lipinski definition) is 6. The second-order valence-corrected chi connectivity index (χ2v) is 4.64. The van der Waals surface area contributed by atoms with Gasteiger partial charge in [0.2, 0.25) is 0 Å². The maximum atomic E-state index is 11.8. The van der Waals surface area contributed by atoms with E-state index < -0.39 is 0 Å². The minimum Gasteiger partial charge on any atom is -0.363 e. The van der Waals surface area contributed by atoms with Crippen molar-refractivity contribution < 1.29 is 4.79 Å². The first-order valence-corrected chi connectivity index (χ1v) is 6.12. The van der Waals surface area contributed by atoms with E-state index in [9.17, 15) is 4.79 Å². The molecular formula is C12H17N7O. The van der Waals surface area contributed by atoms with Gasteiger partial charge in [0, 0.05) is 32.9 Å². The van der Waals surface area contributed by atoms with E-state index in [0.29, 0.717) is 5.82 Å². The Balaban J connectivity index is 2.05. The quantitative estimate of drug-likeness (QED) is 0.839. The molecule has 2 heterocycles. The molecule has 8 nitrogen and oxygen atoms in total. The van der Waals surface area contributed by atoms with E-state index in [1.165, 1.54) is 4.68 Å². The van der Waals surface area contributed by atoms with Gasteiger partial charge in [0.25, 0.3) is 5.91 Å². The van der Waals surface area contributed by atoms with E-state index >= 15 is 0 Å². The van der Waals surface area contributed by atoms with Crippen LogP contribution in [0.3, 0.4) is 0 Å². The van der Waals surface area contributed by atoms with Gasteiger partial charge in [0.15, 0.2) is 5.69 Å². The smallest absolute Gasteiger partial charge is 0.273 e. The molecule has 0 bridgehead atoms. The summed E-state index contributed by atoms with van der Waals surface area (Å²) in [4.78, 5) is 22.4. The Kier molecular flexibility index (Phi) is 3.92. The average Bonchev–Trinajstić information content (AvgIpc) is 2.82. The lowest BCUT2D eigenvalue weighted by Gasteiger charge is -2.13. The third-order valence-corrected chi connectivity index (χ3v) is 2.59. The van der Waals surface area contributed by atoms with Crippen LogP contribution in [0.25, 0.3) is 0 Å². The zero-order chi connectivity index (χ0) is 14.7. The first-order valence-electron chi connectivity index (χ1n) is 6.12. The Labute approximate surface area is 116 Å². The van der Waals surface area contributed by atoms with Crippen molar-refractivity contribution in [2.45, 2.75) is 13.5 Å². The van der Waals surface area contributed by atoms with Gasteiger partial charge in [0.1, 0.15) is 11.6 Å². The molecule has 0 fully saturated rings. The molecule has 0 radical (unpaired) electrons. The molecular weight excluding hydrogens is 258 g/mol. The lowest BCUT2D eigenvalue weighted by atomic mass is 10.4. The summed E-state index contributed by atoms with van der Waals surface area (Å²) in [5.74, 6) is 1.07. The monoisotopic (exact) mass is 275 g/mol. The largest absolute Gasteiger partial charge is 0.363 e. The molecule has 0 spiro atoms. The van der Waals surface area contributed by atoms with Crippen molar-refractivity contribution in [3.8, 4) is 0 Å². The first-order chi connectivity index (χ1) is 9.45. The highest BCUT2D eigenvalue weighted by molar-refractivity contribution is 5.91. The van der Waals surface area contributed by atoms with Crippen LogP contribution >= 0.6 is 0 Å². The molecule has 106 valence electrons. The summed E-state index contributed by atoms with van der Waals surface area (Å²) in [6, 6.07) is 1.88. The number of rotatable bonds is 4. The molecule has 0 aliphatic carbocycles.